The van der Waals surface area contributed by atoms with E-state index in [1.165, 1.54) is 0 Å². The molecule has 4 heavy (non-hydrogen) atoms. The van der Waals surface area contributed by atoms with Crippen LogP contribution in [0.3, 0.4) is 0 Å². The van der Waals surface area contributed by atoms with E-state index in [2.05, 4.69) is 0 Å². The number of hydrogen-bond donors (Lipinski definition) is 0. The Morgan fingerprint density at radius 3 is 2.25 bits per heavy atom. The van der Waals surface area contributed by atoms with Crippen LogP contribution in [0.5, 0.6) is 0 Å². The van der Waals surface area contributed by atoms with Crippen LogP contribution in [0.4, 0.5) is 0 Å². The van der Waals surface area contributed by atoms with Gasteiger partial charge >= 0.3 is 35.2 Å². The molecular weight excluding hydrogens is 230 g/mol. The Morgan fingerprint density at radius 2 is 2.25 bits per heavy atom. The van der Waals surface area contributed by atoms with Crippen molar-refractivity contribution in [1.29, 1.82) is 5.26 Å². The molecule has 0 fully saturated rings. The summed E-state index contributed by atoms with van der Waals surface area (Å²) in [6.07, 6.45) is 0. The predicted octanol–water partition coefficient (Wildman–Crippen LogP) is 0.475. The average Bonchev–Trinajstić information content (AvgIpc) is 1.37. The fraction of sp³-hybridized carbons (Fsp3) is 0.500. The summed E-state index contributed by atoms with van der Waals surface area (Å²) in [6.45, 7) is 0. The zero-order valence-corrected chi connectivity index (χ0v) is 4.38. The summed E-state index contributed by atoms with van der Waals surface area (Å²) in [7, 11) is 0. The van der Waals surface area contributed by atoms with Crippen LogP contribution in [0.15, 0.2) is 0 Å². The molecule has 0 aromatic carbocycles. The molecular formula is C2H2IrN. The number of nitrogens with zero attached hydrogens (tertiary/aromatic N) is 1. The predicted molar refractivity (Wildman–Crippen MR) is 10.4 cm³/mol. The second-order valence-corrected chi connectivity index (χ2v) is 1.12. The normalized spacial score (nSPS) is 5.25. The van der Waals surface area contributed by atoms with Crippen molar-refractivity contribution in [2.75, 3.05) is 0 Å². The van der Waals surface area contributed by atoms with Crippen molar-refractivity contribution in [1.82, 2.24) is 0 Å². The molecule has 0 saturated heterocycles. The second-order valence-electron chi connectivity index (χ2n) is 0.276. The van der Waals surface area contributed by atoms with Gasteiger partial charge in [0.15, 0.2) is 0 Å². The van der Waals surface area contributed by atoms with Crippen molar-refractivity contribution in [2.45, 2.75) is 4.93 Å². The fourth-order valence-electron chi connectivity index (χ4n) is 0. The van der Waals surface area contributed by atoms with E-state index in [1.54, 1.807) is 0 Å². The second kappa shape index (κ2) is 3.14. The molecule has 0 aliphatic rings. The van der Waals surface area contributed by atoms with Crippen molar-refractivity contribution < 1.29 is 18.9 Å². The van der Waals surface area contributed by atoms with Gasteiger partial charge in [-0.2, -0.15) is 0 Å². The van der Waals surface area contributed by atoms with Crippen LogP contribution in [0.25, 0.3) is 0 Å². The van der Waals surface area contributed by atoms with Crippen molar-refractivity contribution in [2.24, 2.45) is 0 Å². The van der Waals surface area contributed by atoms with E-state index in [-0.39, 0.29) is 0 Å². The molecule has 0 atom stereocenters. The number of nitriles is 1. The van der Waals surface area contributed by atoms with Gasteiger partial charge in [0.25, 0.3) is 0 Å². The summed E-state index contributed by atoms with van der Waals surface area (Å²) in [5.41, 5.74) is 0. The quantitative estimate of drug-likeness (QED) is 0.596. The third-order valence-electron chi connectivity index (χ3n) is 0.0527. The van der Waals surface area contributed by atoms with E-state index in [1.807, 2.05) is 25.0 Å². The van der Waals surface area contributed by atoms with Crippen LogP contribution < -0.4 is 0 Å². The van der Waals surface area contributed by atoms with Gasteiger partial charge in [0, 0.05) is 0 Å². The first kappa shape index (κ1) is 4.14. The van der Waals surface area contributed by atoms with Crippen molar-refractivity contribution in [3.63, 3.8) is 0 Å². The van der Waals surface area contributed by atoms with Gasteiger partial charge in [0.2, 0.25) is 0 Å². The SMILES string of the molecule is N#C[CH2][Ir]. The molecule has 0 heterocycles. The van der Waals surface area contributed by atoms with Crippen LogP contribution in [-0.4, -0.2) is 0 Å². The zero-order chi connectivity index (χ0) is 3.41. The summed E-state index contributed by atoms with van der Waals surface area (Å²) in [4.78, 5) is 0.625. The van der Waals surface area contributed by atoms with Crippen LogP contribution in [-0.2, 0) is 18.9 Å². The maximum atomic E-state index is 7.62. The Bertz CT molecular complexity index is 35.8. The molecule has 2 heteroatoms. The van der Waals surface area contributed by atoms with Crippen LogP contribution in [0.1, 0.15) is 0 Å². The maximum absolute atomic E-state index is 7.62. The Balaban J connectivity index is 2.43. The first-order chi connectivity index (χ1) is 1.91. The van der Waals surface area contributed by atoms with Gasteiger partial charge in [-0.15, -0.1) is 0 Å². The van der Waals surface area contributed by atoms with Crippen molar-refractivity contribution in [3.8, 4) is 6.07 Å². The molecule has 0 unspecified atom stereocenters. The van der Waals surface area contributed by atoms with Gasteiger partial charge in [-0.05, 0) is 0 Å². The Kier molecular flexibility index (Phi) is 3.25. The molecule has 0 aliphatic heterocycles. The minimum atomic E-state index is 0.625. The summed E-state index contributed by atoms with van der Waals surface area (Å²) in [6, 6.07) is 1.93. The monoisotopic (exact) mass is 233 g/mol. The summed E-state index contributed by atoms with van der Waals surface area (Å²) in [5.74, 6) is 0. The van der Waals surface area contributed by atoms with Crippen molar-refractivity contribution in [3.05, 3.63) is 0 Å². The average molecular weight is 232 g/mol. The molecule has 0 N–H and O–H groups in total. The Hall–Kier alpha value is 0.139. The molecule has 24 valence electrons. The molecule has 0 rings (SSSR count). The van der Waals surface area contributed by atoms with E-state index in [0.29, 0.717) is 4.93 Å². The zero-order valence-electron chi connectivity index (χ0n) is 1.99. The first-order valence-corrected chi connectivity index (χ1v) is 2.51. The van der Waals surface area contributed by atoms with E-state index < -0.39 is 0 Å². The van der Waals surface area contributed by atoms with Crippen LogP contribution in [0.2, 0.25) is 4.93 Å². The van der Waals surface area contributed by atoms with Gasteiger partial charge in [-0.25, -0.2) is 0 Å². The number of hydrogen-bond acceptors (Lipinski definition) is 1. The first-order valence-electron chi connectivity index (χ1n) is 0.813. The molecule has 0 bridgehead atoms. The summed E-state index contributed by atoms with van der Waals surface area (Å²) >= 11 is 1.82. The van der Waals surface area contributed by atoms with Crippen LogP contribution >= 0.6 is 0 Å². The topological polar surface area (TPSA) is 23.8 Å². The van der Waals surface area contributed by atoms with Crippen molar-refractivity contribution >= 4 is 0 Å². The summed E-state index contributed by atoms with van der Waals surface area (Å²) in [5, 5.41) is 7.62. The van der Waals surface area contributed by atoms with Crippen LogP contribution in [0, 0.1) is 11.3 Å². The van der Waals surface area contributed by atoms with E-state index in [4.69, 9.17) is 5.26 Å². The van der Waals surface area contributed by atoms with E-state index in [0.717, 1.165) is 0 Å². The minimum absolute atomic E-state index is 0.625. The molecule has 0 aliphatic carbocycles. The van der Waals surface area contributed by atoms with Gasteiger partial charge in [0.1, 0.15) is 0 Å². The molecule has 0 aromatic heterocycles. The fourth-order valence-corrected chi connectivity index (χ4v) is 0. The molecule has 0 radical (unpaired) electrons. The Morgan fingerprint density at radius 1 is 2.00 bits per heavy atom. The number of rotatable bonds is 0. The van der Waals surface area contributed by atoms with Gasteiger partial charge in [0.05, 0.1) is 0 Å². The standard InChI is InChI=1S/C2H2N.Ir/c1-2-3;/h1H2;. The van der Waals surface area contributed by atoms with Gasteiger partial charge in [-0.1, -0.05) is 0 Å². The van der Waals surface area contributed by atoms with Gasteiger partial charge < -0.3 is 0 Å². The molecule has 0 amide bonds. The van der Waals surface area contributed by atoms with E-state index >= 15 is 0 Å². The van der Waals surface area contributed by atoms with Gasteiger partial charge in [-0.3, -0.25) is 0 Å². The molecule has 1 nitrogen and oxygen atoms in total. The summed E-state index contributed by atoms with van der Waals surface area (Å²) < 4.78 is 0. The third-order valence-corrected chi connectivity index (χ3v) is 0.431. The molecule has 0 spiro atoms. The van der Waals surface area contributed by atoms with E-state index in [9.17, 15) is 0 Å². The molecule has 0 saturated carbocycles. The Labute approximate surface area is 35.8 Å². The molecule has 0 aromatic rings. The third kappa shape index (κ3) is 2.14.